The van der Waals surface area contributed by atoms with Gasteiger partial charge in [0.05, 0.1) is 19.0 Å². The lowest BCUT2D eigenvalue weighted by Crippen LogP contribution is -2.32. The Hall–Kier alpha value is -1.92. The van der Waals surface area contributed by atoms with E-state index in [9.17, 15) is 0 Å². The van der Waals surface area contributed by atoms with E-state index in [-0.39, 0.29) is 12.1 Å². The van der Waals surface area contributed by atoms with Gasteiger partial charge in [-0.25, -0.2) is 5.43 Å². The van der Waals surface area contributed by atoms with Gasteiger partial charge in [0.15, 0.2) is 5.75 Å². The molecule has 102 valence electrons. The third-order valence-corrected chi connectivity index (χ3v) is 2.93. The van der Waals surface area contributed by atoms with Gasteiger partial charge in [-0.05, 0) is 26.0 Å². The first-order valence-electron chi connectivity index (χ1n) is 6.17. The molecule has 1 atom stereocenters. The van der Waals surface area contributed by atoms with Crippen LogP contribution in [-0.4, -0.2) is 21.9 Å². The van der Waals surface area contributed by atoms with E-state index >= 15 is 0 Å². The summed E-state index contributed by atoms with van der Waals surface area (Å²) in [6, 6.07) is 5.66. The van der Waals surface area contributed by atoms with E-state index < -0.39 is 0 Å². The van der Waals surface area contributed by atoms with Crippen molar-refractivity contribution in [2.75, 3.05) is 7.11 Å². The number of hydrogen-bond donors (Lipinski definition) is 2. The maximum atomic E-state index is 5.70. The molecule has 0 fully saturated rings. The molecule has 6 heteroatoms. The van der Waals surface area contributed by atoms with Gasteiger partial charge in [0.25, 0.3) is 0 Å². The number of hydrazine groups is 1. The third-order valence-electron chi connectivity index (χ3n) is 2.93. The van der Waals surface area contributed by atoms with Gasteiger partial charge in [-0.1, -0.05) is 6.07 Å². The lowest BCUT2D eigenvalue weighted by molar-refractivity contribution is 0.393. The van der Waals surface area contributed by atoms with Crippen molar-refractivity contribution in [3.05, 3.63) is 42.0 Å². The Kier molecular flexibility index (Phi) is 4.13. The molecule has 0 aliphatic heterocycles. The lowest BCUT2D eigenvalue weighted by atomic mass is 10.1. The molecule has 6 nitrogen and oxygen atoms in total. The molecule has 0 saturated carbocycles. The van der Waals surface area contributed by atoms with Crippen LogP contribution in [0.15, 0.2) is 30.6 Å². The molecule has 1 unspecified atom stereocenters. The maximum absolute atomic E-state index is 5.70. The van der Waals surface area contributed by atoms with Gasteiger partial charge in [0.2, 0.25) is 0 Å². The van der Waals surface area contributed by atoms with Crippen LogP contribution >= 0.6 is 0 Å². The fourth-order valence-electron chi connectivity index (χ4n) is 2.05. The van der Waals surface area contributed by atoms with Crippen molar-refractivity contribution in [1.29, 1.82) is 0 Å². The normalized spacial score (nSPS) is 12.7. The molecule has 2 aromatic heterocycles. The smallest absolute Gasteiger partial charge is 0.162 e. The number of nitrogens with zero attached hydrogens (tertiary/aromatic N) is 3. The second-order valence-electron chi connectivity index (χ2n) is 4.49. The Balaban J connectivity index is 2.51. The van der Waals surface area contributed by atoms with Crippen molar-refractivity contribution in [1.82, 2.24) is 20.2 Å². The summed E-state index contributed by atoms with van der Waals surface area (Å²) in [5, 5.41) is 4.35. The number of aromatic nitrogens is 3. The van der Waals surface area contributed by atoms with Crippen LogP contribution in [0.1, 0.15) is 37.3 Å². The van der Waals surface area contributed by atoms with Crippen LogP contribution in [-0.2, 0) is 0 Å². The van der Waals surface area contributed by atoms with E-state index in [1.54, 1.807) is 19.5 Å². The SMILES string of the molecule is COc1cnn(C(C)C)c1C(NN)c1ccccn1. The van der Waals surface area contributed by atoms with Crippen LogP contribution in [0.2, 0.25) is 0 Å². The zero-order valence-corrected chi connectivity index (χ0v) is 11.4. The summed E-state index contributed by atoms with van der Waals surface area (Å²) in [6.07, 6.45) is 3.44. The van der Waals surface area contributed by atoms with E-state index in [2.05, 4.69) is 29.4 Å². The van der Waals surface area contributed by atoms with Gasteiger partial charge in [0, 0.05) is 12.2 Å². The molecular formula is C13H19N5O. The second-order valence-corrected chi connectivity index (χ2v) is 4.49. The van der Waals surface area contributed by atoms with Gasteiger partial charge < -0.3 is 4.74 Å². The predicted molar refractivity (Wildman–Crippen MR) is 72.6 cm³/mol. The Labute approximate surface area is 112 Å². The molecule has 0 bridgehead atoms. The monoisotopic (exact) mass is 261 g/mol. The van der Waals surface area contributed by atoms with Crippen molar-refractivity contribution in [3.63, 3.8) is 0 Å². The Bertz CT molecular complexity index is 523. The summed E-state index contributed by atoms with van der Waals surface area (Å²) < 4.78 is 7.26. The number of nitrogens with two attached hydrogens (primary N) is 1. The number of ether oxygens (including phenoxy) is 1. The Morgan fingerprint density at radius 3 is 2.68 bits per heavy atom. The largest absolute Gasteiger partial charge is 0.493 e. The molecule has 2 rings (SSSR count). The minimum Gasteiger partial charge on any atom is -0.493 e. The van der Waals surface area contributed by atoms with Crippen molar-refractivity contribution in [3.8, 4) is 5.75 Å². The van der Waals surface area contributed by atoms with Gasteiger partial charge in [-0.2, -0.15) is 5.10 Å². The highest BCUT2D eigenvalue weighted by Crippen LogP contribution is 2.30. The van der Waals surface area contributed by atoms with Crippen LogP contribution in [0.4, 0.5) is 0 Å². The number of pyridine rings is 1. The first-order chi connectivity index (χ1) is 9.19. The van der Waals surface area contributed by atoms with Gasteiger partial charge in [-0.15, -0.1) is 0 Å². The molecule has 0 aliphatic carbocycles. The molecule has 0 saturated heterocycles. The van der Waals surface area contributed by atoms with E-state index in [1.165, 1.54) is 0 Å². The first kappa shape index (κ1) is 13.5. The average molecular weight is 261 g/mol. The molecule has 0 spiro atoms. The molecule has 2 heterocycles. The molecule has 0 radical (unpaired) electrons. The lowest BCUT2D eigenvalue weighted by Gasteiger charge is -2.20. The maximum Gasteiger partial charge on any atom is 0.162 e. The summed E-state index contributed by atoms with van der Waals surface area (Å²) in [6.45, 7) is 4.11. The van der Waals surface area contributed by atoms with E-state index in [1.807, 2.05) is 22.9 Å². The summed E-state index contributed by atoms with van der Waals surface area (Å²) >= 11 is 0. The molecule has 2 aromatic rings. The van der Waals surface area contributed by atoms with Crippen LogP contribution in [0.3, 0.4) is 0 Å². The molecular weight excluding hydrogens is 242 g/mol. The topological polar surface area (TPSA) is 78.0 Å². The molecule has 19 heavy (non-hydrogen) atoms. The number of methoxy groups -OCH3 is 1. The summed E-state index contributed by atoms with van der Waals surface area (Å²) in [5.74, 6) is 6.40. The fraction of sp³-hybridized carbons (Fsp3) is 0.385. The van der Waals surface area contributed by atoms with E-state index in [0.29, 0.717) is 5.75 Å². The minimum absolute atomic E-state index is 0.207. The highest BCUT2D eigenvalue weighted by atomic mass is 16.5. The van der Waals surface area contributed by atoms with Crippen LogP contribution in [0.5, 0.6) is 5.75 Å². The van der Waals surface area contributed by atoms with Crippen LogP contribution in [0.25, 0.3) is 0 Å². The predicted octanol–water partition coefficient (Wildman–Crippen LogP) is 1.42. The minimum atomic E-state index is -0.263. The first-order valence-corrected chi connectivity index (χ1v) is 6.17. The van der Waals surface area contributed by atoms with Gasteiger partial charge in [-0.3, -0.25) is 15.5 Å². The van der Waals surface area contributed by atoms with E-state index in [0.717, 1.165) is 11.4 Å². The van der Waals surface area contributed by atoms with Crippen molar-refractivity contribution in [2.24, 2.45) is 5.84 Å². The third kappa shape index (κ3) is 2.59. The zero-order chi connectivity index (χ0) is 13.8. The summed E-state index contributed by atoms with van der Waals surface area (Å²) in [4.78, 5) is 4.34. The van der Waals surface area contributed by atoms with Crippen molar-refractivity contribution in [2.45, 2.75) is 25.9 Å². The standard InChI is InChI=1S/C13H19N5O/c1-9(2)18-13(11(19-3)8-16-18)12(17-14)10-6-4-5-7-15-10/h4-9,12,17H,14H2,1-3H3. The van der Waals surface area contributed by atoms with Crippen molar-refractivity contribution < 1.29 is 4.74 Å². The quantitative estimate of drug-likeness (QED) is 0.628. The number of nitrogens with one attached hydrogen (secondary N) is 1. The molecule has 3 N–H and O–H groups in total. The van der Waals surface area contributed by atoms with Gasteiger partial charge in [0.1, 0.15) is 11.7 Å². The summed E-state index contributed by atoms with van der Waals surface area (Å²) in [7, 11) is 1.62. The number of rotatable bonds is 5. The molecule has 0 aliphatic rings. The Morgan fingerprint density at radius 1 is 1.37 bits per heavy atom. The highest BCUT2D eigenvalue weighted by Gasteiger charge is 2.24. The van der Waals surface area contributed by atoms with Crippen LogP contribution < -0.4 is 16.0 Å². The highest BCUT2D eigenvalue weighted by molar-refractivity contribution is 5.34. The Morgan fingerprint density at radius 2 is 2.16 bits per heavy atom. The second kappa shape index (κ2) is 5.81. The fourth-order valence-corrected chi connectivity index (χ4v) is 2.05. The molecule has 0 amide bonds. The average Bonchev–Trinajstić information content (AvgIpc) is 2.85. The van der Waals surface area contributed by atoms with Crippen LogP contribution in [0, 0.1) is 0 Å². The van der Waals surface area contributed by atoms with E-state index in [4.69, 9.17) is 10.6 Å². The molecule has 0 aromatic carbocycles. The van der Waals surface area contributed by atoms with Gasteiger partial charge >= 0.3 is 0 Å². The zero-order valence-electron chi connectivity index (χ0n) is 11.4. The number of hydrogen-bond acceptors (Lipinski definition) is 5. The van der Waals surface area contributed by atoms with Crippen molar-refractivity contribution >= 4 is 0 Å². The summed E-state index contributed by atoms with van der Waals surface area (Å²) in [5.41, 5.74) is 4.49.